The smallest absolute Gasteiger partial charge is 0.0406 e. The molecule has 1 aromatic carbocycles. The summed E-state index contributed by atoms with van der Waals surface area (Å²) in [6.07, 6.45) is 1.25. The monoisotopic (exact) mass is 223 g/mol. The van der Waals surface area contributed by atoms with Crippen molar-refractivity contribution in [2.45, 2.75) is 26.2 Å². The largest absolute Gasteiger partial charge is 0.316 e. The SMILES string of the molecule is CC1(C)CNCC(c2ccc(Cl)cc2)C1. The second-order valence-corrected chi connectivity index (χ2v) is 5.68. The van der Waals surface area contributed by atoms with E-state index in [9.17, 15) is 0 Å². The summed E-state index contributed by atoms with van der Waals surface area (Å²) in [5, 5.41) is 4.33. The van der Waals surface area contributed by atoms with Gasteiger partial charge in [0.2, 0.25) is 0 Å². The van der Waals surface area contributed by atoms with Gasteiger partial charge in [-0.3, -0.25) is 0 Å². The third-order valence-corrected chi connectivity index (χ3v) is 3.39. The molecule has 1 aromatic rings. The van der Waals surface area contributed by atoms with E-state index in [1.807, 2.05) is 12.1 Å². The normalized spacial score (nSPS) is 25.1. The Hall–Kier alpha value is -0.530. The number of rotatable bonds is 1. The predicted octanol–water partition coefficient (Wildman–Crippen LogP) is 3.44. The molecule has 1 heterocycles. The molecule has 1 nitrogen and oxygen atoms in total. The first-order valence-corrected chi connectivity index (χ1v) is 5.91. The molecule has 1 aliphatic heterocycles. The molecule has 1 saturated heterocycles. The first kappa shape index (κ1) is 11.0. The zero-order valence-corrected chi connectivity index (χ0v) is 10.1. The summed E-state index contributed by atoms with van der Waals surface area (Å²) in [6.45, 7) is 6.85. The fourth-order valence-corrected chi connectivity index (χ4v) is 2.49. The van der Waals surface area contributed by atoms with E-state index in [0.717, 1.165) is 18.1 Å². The van der Waals surface area contributed by atoms with E-state index in [1.165, 1.54) is 12.0 Å². The van der Waals surface area contributed by atoms with Crippen LogP contribution in [0, 0.1) is 5.41 Å². The molecule has 0 aromatic heterocycles. The molecule has 15 heavy (non-hydrogen) atoms. The second-order valence-electron chi connectivity index (χ2n) is 5.25. The molecule has 1 N–H and O–H groups in total. The van der Waals surface area contributed by atoms with Crippen LogP contribution < -0.4 is 5.32 Å². The van der Waals surface area contributed by atoms with Gasteiger partial charge in [0.1, 0.15) is 0 Å². The third kappa shape index (κ3) is 2.73. The van der Waals surface area contributed by atoms with Crippen molar-refractivity contribution in [3.63, 3.8) is 0 Å². The molecule has 0 saturated carbocycles. The maximum atomic E-state index is 5.89. The zero-order valence-electron chi connectivity index (χ0n) is 9.39. The number of piperidine rings is 1. The Balaban J connectivity index is 2.13. The molecule has 1 atom stereocenters. The lowest BCUT2D eigenvalue weighted by Crippen LogP contribution is -2.40. The molecule has 1 aliphatic rings. The van der Waals surface area contributed by atoms with Crippen LogP contribution in [0.1, 0.15) is 31.7 Å². The summed E-state index contributed by atoms with van der Waals surface area (Å²) in [5.41, 5.74) is 1.81. The van der Waals surface area contributed by atoms with Gasteiger partial charge in [-0.2, -0.15) is 0 Å². The zero-order chi connectivity index (χ0) is 10.9. The minimum Gasteiger partial charge on any atom is -0.316 e. The van der Waals surface area contributed by atoms with E-state index in [1.54, 1.807) is 0 Å². The van der Waals surface area contributed by atoms with E-state index in [-0.39, 0.29) is 0 Å². The van der Waals surface area contributed by atoms with Crippen molar-refractivity contribution in [2.24, 2.45) is 5.41 Å². The number of benzene rings is 1. The molecule has 2 heteroatoms. The van der Waals surface area contributed by atoms with Crippen LogP contribution in [0.5, 0.6) is 0 Å². The van der Waals surface area contributed by atoms with E-state index in [0.29, 0.717) is 11.3 Å². The quantitative estimate of drug-likeness (QED) is 0.769. The molecule has 82 valence electrons. The summed E-state index contributed by atoms with van der Waals surface area (Å²) in [4.78, 5) is 0. The van der Waals surface area contributed by atoms with Gasteiger partial charge in [0.15, 0.2) is 0 Å². The first-order chi connectivity index (χ1) is 7.07. The van der Waals surface area contributed by atoms with Gasteiger partial charge in [-0.05, 0) is 35.4 Å². The Bertz CT molecular complexity index is 329. The van der Waals surface area contributed by atoms with Crippen LogP contribution in [0.25, 0.3) is 0 Å². The van der Waals surface area contributed by atoms with Crippen LogP contribution in [0.2, 0.25) is 5.02 Å². The maximum absolute atomic E-state index is 5.89. The Kier molecular flexibility index (Phi) is 3.03. The third-order valence-electron chi connectivity index (χ3n) is 3.13. The van der Waals surface area contributed by atoms with Crippen molar-refractivity contribution in [3.05, 3.63) is 34.9 Å². The van der Waals surface area contributed by atoms with Crippen LogP contribution in [-0.4, -0.2) is 13.1 Å². The van der Waals surface area contributed by atoms with Crippen molar-refractivity contribution in [1.82, 2.24) is 5.32 Å². The predicted molar refractivity (Wildman–Crippen MR) is 65.5 cm³/mol. The molecule has 2 rings (SSSR count). The Morgan fingerprint density at radius 2 is 1.93 bits per heavy atom. The van der Waals surface area contributed by atoms with Crippen molar-refractivity contribution in [2.75, 3.05) is 13.1 Å². The highest BCUT2D eigenvalue weighted by atomic mass is 35.5. The van der Waals surface area contributed by atoms with Crippen LogP contribution in [-0.2, 0) is 0 Å². The lowest BCUT2D eigenvalue weighted by molar-refractivity contribution is 0.240. The highest BCUT2D eigenvalue weighted by Crippen LogP contribution is 2.34. The van der Waals surface area contributed by atoms with Gasteiger partial charge in [0.05, 0.1) is 0 Å². The van der Waals surface area contributed by atoms with Gasteiger partial charge in [0.25, 0.3) is 0 Å². The topological polar surface area (TPSA) is 12.0 Å². The Morgan fingerprint density at radius 3 is 2.53 bits per heavy atom. The van der Waals surface area contributed by atoms with Crippen molar-refractivity contribution in [3.8, 4) is 0 Å². The van der Waals surface area contributed by atoms with Crippen LogP contribution in [0.15, 0.2) is 24.3 Å². The molecular formula is C13H18ClN. The minimum absolute atomic E-state index is 0.405. The van der Waals surface area contributed by atoms with E-state index < -0.39 is 0 Å². The molecular weight excluding hydrogens is 206 g/mol. The highest BCUT2D eigenvalue weighted by molar-refractivity contribution is 6.30. The van der Waals surface area contributed by atoms with Gasteiger partial charge in [-0.1, -0.05) is 37.6 Å². The molecule has 1 fully saturated rings. The average Bonchev–Trinajstić information content (AvgIpc) is 2.17. The summed E-state index contributed by atoms with van der Waals surface area (Å²) in [5.74, 6) is 0.631. The average molecular weight is 224 g/mol. The second kappa shape index (κ2) is 4.15. The Morgan fingerprint density at radius 1 is 1.27 bits per heavy atom. The fraction of sp³-hybridized carbons (Fsp3) is 0.538. The van der Waals surface area contributed by atoms with E-state index in [4.69, 9.17) is 11.6 Å². The van der Waals surface area contributed by atoms with Crippen LogP contribution in [0.3, 0.4) is 0 Å². The van der Waals surface area contributed by atoms with Crippen LogP contribution >= 0.6 is 11.6 Å². The van der Waals surface area contributed by atoms with Crippen molar-refractivity contribution in [1.29, 1.82) is 0 Å². The number of nitrogens with one attached hydrogen (secondary N) is 1. The first-order valence-electron chi connectivity index (χ1n) is 5.53. The standard InChI is InChI=1S/C13H18ClN/c1-13(2)7-11(8-15-9-13)10-3-5-12(14)6-4-10/h3-6,11,15H,7-9H2,1-2H3. The summed E-state index contributed by atoms with van der Waals surface area (Å²) in [7, 11) is 0. The minimum atomic E-state index is 0.405. The molecule has 0 aliphatic carbocycles. The lowest BCUT2D eigenvalue weighted by Gasteiger charge is -2.36. The van der Waals surface area contributed by atoms with Crippen molar-refractivity contribution < 1.29 is 0 Å². The van der Waals surface area contributed by atoms with E-state index in [2.05, 4.69) is 31.3 Å². The summed E-state index contributed by atoms with van der Waals surface area (Å²) in [6, 6.07) is 8.27. The molecule has 0 radical (unpaired) electrons. The lowest BCUT2D eigenvalue weighted by atomic mass is 9.77. The molecule has 0 spiro atoms. The summed E-state index contributed by atoms with van der Waals surface area (Å²) >= 11 is 5.89. The van der Waals surface area contributed by atoms with Crippen LogP contribution in [0.4, 0.5) is 0 Å². The highest BCUT2D eigenvalue weighted by Gasteiger charge is 2.28. The maximum Gasteiger partial charge on any atom is 0.0406 e. The molecule has 0 bridgehead atoms. The van der Waals surface area contributed by atoms with Gasteiger partial charge in [0, 0.05) is 18.1 Å². The van der Waals surface area contributed by atoms with Gasteiger partial charge in [-0.25, -0.2) is 0 Å². The Labute approximate surface area is 96.8 Å². The summed E-state index contributed by atoms with van der Waals surface area (Å²) < 4.78 is 0. The van der Waals surface area contributed by atoms with Gasteiger partial charge < -0.3 is 5.32 Å². The molecule has 0 amide bonds. The molecule has 1 unspecified atom stereocenters. The van der Waals surface area contributed by atoms with Crippen molar-refractivity contribution >= 4 is 11.6 Å². The van der Waals surface area contributed by atoms with Gasteiger partial charge >= 0.3 is 0 Å². The number of halogens is 1. The number of hydrogen-bond donors (Lipinski definition) is 1. The fourth-order valence-electron chi connectivity index (χ4n) is 2.37. The van der Waals surface area contributed by atoms with E-state index >= 15 is 0 Å². The van der Waals surface area contributed by atoms with Gasteiger partial charge in [-0.15, -0.1) is 0 Å². The number of hydrogen-bond acceptors (Lipinski definition) is 1.